The van der Waals surface area contributed by atoms with Crippen molar-refractivity contribution in [1.29, 1.82) is 0 Å². The number of halogens is 1. The zero-order chi connectivity index (χ0) is 14.3. The van der Waals surface area contributed by atoms with Gasteiger partial charge in [-0.1, -0.05) is 23.7 Å². The Kier molecular flexibility index (Phi) is 3.03. The second kappa shape index (κ2) is 4.72. The van der Waals surface area contributed by atoms with Crippen LogP contribution in [0.5, 0.6) is 5.75 Å². The van der Waals surface area contributed by atoms with Gasteiger partial charge in [-0.2, -0.15) is 0 Å². The van der Waals surface area contributed by atoms with E-state index < -0.39 is 0 Å². The number of aromatic hydroxyl groups is 1. The summed E-state index contributed by atoms with van der Waals surface area (Å²) in [5.74, 6) is -0.371. The van der Waals surface area contributed by atoms with Gasteiger partial charge < -0.3 is 15.7 Å². The number of carbonyl (C=O) groups excluding carboxylic acids is 1. The molecule has 102 valence electrons. The quantitative estimate of drug-likeness (QED) is 0.793. The fourth-order valence-electron chi connectivity index (χ4n) is 2.51. The number of fused-ring (bicyclic) bond motifs is 1. The van der Waals surface area contributed by atoms with E-state index >= 15 is 0 Å². The van der Waals surface area contributed by atoms with E-state index in [0.29, 0.717) is 17.3 Å². The summed E-state index contributed by atoms with van der Waals surface area (Å²) in [7, 11) is 0. The molecular weight excluding hydrogens is 276 g/mol. The maximum Gasteiger partial charge on any atom is 0.262 e. The largest absolute Gasteiger partial charge is 0.507 e. The summed E-state index contributed by atoms with van der Waals surface area (Å²) in [5.41, 5.74) is 8.49. The fraction of sp³-hybridized carbons (Fsp3) is 0.133. The lowest BCUT2D eigenvalue weighted by Crippen LogP contribution is -2.29. The number of nitrogen functional groups attached to an aromatic ring is 1. The minimum absolute atomic E-state index is 0.0812. The van der Waals surface area contributed by atoms with Crippen molar-refractivity contribution in [3.63, 3.8) is 0 Å². The van der Waals surface area contributed by atoms with E-state index in [2.05, 4.69) is 0 Å². The number of nitrogens with zero attached hydrogens (tertiary/aromatic N) is 1. The smallest absolute Gasteiger partial charge is 0.262 e. The van der Waals surface area contributed by atoms with Crippen LogP contribution in [0.15, 0.2) is 36.4 Å². The van der Waals surface area contributed by atoms with Crippen molar-refractivity contribution >= 4 is 28.9 Å². The van der Waals surface area contributed by atoms with Crippen LogP contribution in [0.25, 0.3) is 0 Å². The Morgan fingerprint density at radius 3 is 2.90 bits per heavy atom. The third-order valence-corrected chi connectivity index (χ3v) is 3.69. The Hall–Kier alpha value is -2.20. The van der Waals surface area contributed by atoms with Gasteiger partial charge in [0, 0.05) is 11.6 Å². The Labute approximate surface area is 121 Å². The van der Waals surface area contributed by atoms with Crippen LogP contribution in [-0.4, -0.2) is 17.6 Å². The Balaban J connectivity index is 2.04. The SMILES string of the molecule is Nc1cccc2c1N(C(=O)c1cc(Cl)ccc1O)CC2. The van der Waals surface area contributed by atoms with Crippen LogP contribution in [0.1, 0.15) is 15.9 Å². The van der Waals surface area contributed by atoms with Crippen LogP contribution < -0.4 is 10.6 Å². The van der Waals surface area contributed by atoms with Crippen molar-refractivity contribution in [3.05, 3.63) is 52.5 Å². The van der Waals surface area contributed by atoms with Crippen LogP contribution in [0.3, 0.4) is 0 Å². The first kappa shape index (κ1) is 12.8. The standard InChI is InChI=1S/C15H13ClN2O2/c16-10-4-5-13(19)11(8-10)15(20)18-7-6-9-2-1-3-12(17)14(9)18/h1-5,8,19H,6-7,17H2. The highest BCUT2D eigenvalue weighted by Crippen LogP contribution is 2.35. The first-order valence-corrected chi connectivity index (χ1v) is 6.63. The van der Waals surface area contributed by atoms with E-state index in [4.69, 9.17) is 17.3 Å². The predicted molar refractivity (Wildman–Crippen MR) is 79.4 cm³/mol. The van der Waals surface area contributed by atoms with Gasteiger partial charge in [-0.15, -0.1) is 0 Å². The van der Waals surface area contributed by atoms with E-state index in [-0.39, 0.29) is 17.2 Å². The van der Waals surface area contributed by atoms with Crippen LogP contribution in [0.2, 0.25) is 5.02 Å². The zero-order valence-electron chi connectivity index (χ0n) is 10.6. The van der Waals surface area contributed by atoms with Crippen molar-refractivity contribution in [2.75, 3.05) is 17.2 Å². The summed E-state index contributed by atoms with van der Waals surface area (Å²) in [5, 5.41) is 10.3. The maximum atomic E-state index is 12.6. The first-order chi connectivity index (χ1) is 9.58. The average molecular weight is 289 g/mol. The normalized spacial score (nSPS) is 13.3. The van der Waals surface area contributed by atoms with Gasteiger partial charge in [0.1, 0.15) is 5.75 Å². The molecule has 0 spiro atoms. The molecule has 0 radical (unpaired) electrons. The number of hydrogen-bond donors (Lipinski definition) is 2. The van der Waals surface area contributed by atoms with E-state index in [9.17, 15) is 9.90 Å². The van der Waals surface area contributed by atoms with Crippen molar-refractivity contribution < 1.29 is 9.90 Å². The lowest BCUT2D eigenvalue weighted by molar-refractivity contribution is 0.0987. The number of nitrogens with two attached hydrogens (primary N) is 1. The molecule has 0 fully saturated rings. The molecule has 2 aromatic carbocycles. The molecule has 4 nitrogen and oxygen atoms in total. The minimum atomic E-state index is -0.290. The first-order valence-electron chi connectivity index (χ1n) is 6.25. The van der Waals surface area contributed by atoms with Gasteiger partial charge in [-0.05, 0) is 36.2 Å². The molecule has 1 heterocycles. The van der Waals surface area contributed by atoms with Crippen LogP contribution in [0.4, 0.5) is 11.4 Å². The zero-order valence-corrected chi connectivity index (χ0v) is 11.4. The summed E-state index contributed by atoms with van der Waals surface area (Å²) in [4.78, 5) is 14.2. The number of rotatable bonds is 1. The van der Waals surface area contributed by atoms with Gasteiger partial charge in [-0.25, -0.2) is 0 Å². The van der Waals surface area contributed by atoms with Gasteiger partial charge in [0.2, 0.25) is 0 Å². The monoisotopic (exact) mass is 288 g/mol. The van der Waals surface area contributed by atoms with Crippen molar-refractivity contribution in [3.8, 4) is 5.75 Å². The molecule has 0 aliphatic carbocycles. The minimum Gasteiger partial charge on any atom is -0.507 e. The van der Waals surface area contributed by atoms with E-state index in [1.807, 2.05) is 12.1 Å². The molecule has 3 N–H and O–H groups in total. The highest BCUT2D eigenvalue weighted by Gasteiger charge is 2.28. The summed E-state index contributed by atoms with van der Waals surface area (Å²) in [6, 6.07) is 10.0. The van der Waals surface area contributed by atoms with E-state index in [1.54, 1.807) is 17.0 Å². The summed E-state index contributed by atoms with van der Waals surface area (Å²) in [6.45, 7) is 0.550. The number of amides is 1. The molecule has 1 aliphatic rings. The average Bonchev–Trinajstić information content (AvgIpc) is 2.86. The van der Waals surface area contributed by atoms with Crippen LogP contribution >= 0.6 is 11.6 Å². The number of hydrogen-bond acceptors (Lipinski definition) is 3. The number of carbonyl (C=O) groups is 1. The van der Waals surface area contributed by atoms with Gasteiger partial charge in [0.25, 0.3) is 5.91 Å². The maximum absolute atomic E-state index is 12.6. The Morgan fingerprint density at radius 2 is 2.10 bits per heavy atom. The number of phenols is 1. The lowest BCUT2D eigenvalue weighted by atomic mass is 10.1. The summed E-state index contributed by atoms with van der Waals surface area (Å²) < 4.78 is 0. The Bertz CT molecular complexity index is 700. The van der Waals surface area contributed by atoms with Gasteiger partial charge in [-0.3, -0.25) is 4.79 Å². The van der Waals surface area contributed by atoms with E-state index in [0.717, 1.165) is 17.7 Å². The molecule has 0 saturated carbocycles. The predicted octanol–water partition coefficient (Wildman–Crippen LogP) is 2.83. The molecule has 0 atom stereocenters. The molecule has 20 heavy (non-hydrogen) atoms. The highest BCUT2D eigenvalue weighted by molar-refractivity contribution is 6.31. The number of anilines is 2. The van der Waals surface area contributed by atoms with Gasteiger partial charge in [0.15, 0.2) is 0 Å². The lowest BCUT2D eigenvalue weighted by Gasteiger charge is -2.19. The van der Waals surface area contributed by atoms with Gasteiger partial charge >= 0.3 is 0 Å². The second-order valence-corrected chi connectivity index (χ2v) is 5.16. The molecule has 0 aromatic heterocycles. The molecule has 1 aliphatic heterocycles. The number of benzene rings is 2. The molecule has 2 aromatic rings. The highest BCUT2D eigenvalue weighted by atomic mass is 35.5. The van der Waals surface area contributed by atoms with Crippen molar-refractivity contribution in [1.82, 2.24) is 0 Å². The summed E-state index contributed by atoms with van der Waals surface area (Å²) in [6.07, 6.45) is 0.757. The molecule has 5 heteroatoms. The van der Waals surface area contributed by atoms with E-state index in [1.165, 1.54) is 12.1 Å². The molecule has 0 bridgehead atoms. The fourth-order valence-corrected chi connectivity index (χ4v) is 2.69. The summed E-state index contributed by atoms with van der Waals surface area (Å²) >= 11 is 5.89. The van der Waals surface area contributed by atoms with Crippen molar-refractivity contribution in [2.45, 2.75) is 6.42 Å². The topological polar surface area (TPSA) is 66.6 Å². The Morgan fingerprint density at radius 1 is 1.30 bits per heavy atom. The van der Waals surface area contributed by atoms with Crippen molar-refractivity contribution in [2.24, 2.45) is 0 Å². The number of phenolic OH excluding ortho intramolecular Hbond substituents is 1. The van der Waals surface area contributed by atoms with Gasteiger partial charge in [0.05, 0.1) is 16.9 Å². The molecule has 3 rings (SSSR count). The molecule has 0 unspecified atom stereocenters. The third kappa shape index (κ3) is 1.98. The second-order valence-electron chi connectivity index (χ2n) is 4.72. The number of para-hydroxylation sites is 1. The molecule has 0 saturated heterocycles. The molecular formula is C15H13ClN2O2. The third-order valence-electron chi connectivity index (χ3n) is 3.46. The molecule has 1 amide bonds. The van der Waals surface area contributed by atoms with Crippen LogP contribution in [-0.2, 0) is 6.42 Å². The van der Waals surface area contributed by atoms with Crippen LogP contribution in [0, 0.1) is 0 Å².